The van der Waals surface area contributed by atoms with E-state index in [9.17, 15) is 22.4 Å². The molecule has 27 heavy (non-hydrogen) atoms. The minimum Gasteiger partial charge on any atom is -0.343 e. The summed E-state index contributed by atoms with van der Waals surface area (Å²) in [6.07, 6.45) is 0.0772. The number of alkyl halides is 3. The summed E-state index contributed by atoms with van der Waals surface area (Å²) >= 11 is 0. The lowest BCUT2D eigenvalue weighted by Crippen LogP contribution is -2.37. The van der Waals surface area contributed by atoms with Gasteiger partial charge in [-0.3, -0.25) is 9.78 Å². The van der Waals surface area contributed by atoms with Gasteiger partial charge in [0.05, 0.1) is 10.9 Å². The van der Waals surface area contributed by atoms with Gasteiger partial charge >= 0.3 is 6.18 Å². The number of amides is 1. The van der Waals surface area contributed by atoms with E-state index >= 15 is 0 Å². The Morgan fingerprint density at radius 3 is 2.44 bits per heavy atom. The Hall–Kier alpha value is -3.03. The topological polar surface area (TPSA) is 65.8 Å². The molecule has 1 heterocycles. The second kappa shape index (κ2) is 8.57. The van der Waals surface area contributed by atoms with Crippen LogP contribution in [0.15, 0.2) is 36.5 Å². The van der Waals surface area contributed by atoms with Crippen molar-refractivity contribution in [2.24, 2.45) is 0 Å². The maximum Gasteiger partial charge on any atom is 0.405 e. The van der Waals surface area contributed by atoms with Gasteiger partial charge in [0.15, 0.2) is 0 Å². The van der Waals surface area contributed by atoms with Gasteiger partial charge in [-0.25, -0.2) is 4.39 Å². The summed E-state index contributed by atoms with van der Waals surface area (Å²) in [6, 6.07) is 6.79. The highest BCUT2D eigenvalue weighted by Crippen LogP contribution is 2.13. The van der Waals surface area contributed by atoms with Crippen LogP contribution in [0.3, 0.4) is 0 Å². The fourth-order valence-corrected chi connectivity index (χ4v) is 2.40. The summed E-state index contributed by atoms with van der Waals surface area (Å²) in [4.78, 5) is 16.2. The molecule has 1 aromatic heterocycles. The van der Waals surface area contributed by atoms with Crippen LogP contribution >= 0.6 is 0 Å². The van der Waals surface area contributed by atoms with Crippen molar-refractivity contribution in [1.82, 2.24) is 10.3 Å². The van der Waals surface area contributed by atoms with Crippen molar-refractivity contribution in [3.05, 3.63) is 64.0 Å². The maximum atomic E-state index is 13.2. The van der Waals surface area contributed by atoms with Crippen molar-refractivity contribution < 1.29 is 22.4 Å². The first-order chi connectivity index (χ1) is 12.7. The van der Waals surface area contributed by atoms with E-state index in [2.05, 4.69) is 4.98 Å². The van der Waals surface area contributed by atoms with Gasteiger partial charge in [-0.15, -0.1) is 0 Å². The number of nitrogens with one attached hydrogen (secondary N) is 2. The molecule has 1 amide bonds. The number of carbonyl (C=O) groups is 1. The Bertz CT molecular complexity index is 950. The highest BCUT2D eigenvalue weighted by molar-refractivity contribution is 6.08. The maximum absolute atomic E-state index is 13.2. The summed E-state index contributed by atoms with van der Waals surface area (Å²) in [5.74, 6) is -1.37. The summed E-state index contributed by atoms with van der Waals surface area (Å²) < 4.78 is 50.1. The molecule has 8 heteroatoms. The largest absolute Gasteiger partial charge is 0.405 e. The van der Waals surface area contributed by atoms with Crippen molar-refractivity contribution in [2.45, 2.75) is 19.5 Å². The molecule has 0 unspecified atom stereocenters. The van der Waals surface area contributed by atoms with E-state index in [1.165, 1.54) is 36.5 Å². The molecule has 0 fully saturated rings. The smallest absolute Gasteiger partial charge is 0.343 e. The predicted octanol–water partition coefficient (Wildman–Crippen LogP) is 2.55. The first-order valence-electron chi connectivity index (χ1n) is 8.07. The minimum absolute atomic E-state index is 0.0658. The molecule has 0 aliphatic carbocycles. The average Bonchev–Trinajstić information content (AvgIpc) is 2.62. The van der Waals surface area contributed by atoms with E-state index in [0.29, 0.717) is 28.1 Å². The first-order valence-corrected chi connectivity index (χ1v) is 8.07. The Labute approximate surface area is 152 Å². The van der Waals surface area contributed by atoms with Gasteiger partial charge in [-0.2, -0.15) is 13.2 Å². The summed E-state index contributed by atoms with van der Waals surface area (Å²) in [5.41, 5.74) is 0.823. The molecule has 4 nitrogen and oxygen atoms in total. The molecule has 142 valence electrons. The van der Waals surface area contributed by atoms with Gasteiger partial charge in [0.1, 0.15) is 12.4 Å². The molecule has 0 atom stereocenters. The third kappa shape index (κ3) is 5.47. The van der Waals surface area contributed by atoms with Crippen LogP contribution in [0, 0.1) is 11.2 Å². The predicted molar refractivity (Wildman–Crippen MR) is 94.3 cm³/mol. The quantitative estimate of drug-likeness (QED) is 0.619. The highest BCUT2D eigenvalue weighted by Gasteiger charge is 2.28. The third-order valence-corrected chi connectivity index (χ3v) is 3.62. The zero-order valence-electron chi connectivity index (χ0n) is 14.4. The zero-order valence-corrected chi connectivity index (χ0v) is 14.4. The van der Waals surface area contributed by atoms with Crippen molar-refractivity contribution >= 4 is 23.8 Å². The lowest BCUT2D eigenvalue weighted by molar-refractivity contribution is -0.123. The minimum atomic E-state index is -4.53. The van der Waals surface area contributed by atoms with Crippen molar-refractivity contribution in [3.8, 4) is 0 Å². The first kappa shape index (κ1) is 20.3. The monoisotopic (exact) mass is 379 g/mol. The van der Waals surface area contributed by atoms with E-state index in [4.69, 9.17) is 5.41 Å². The summed E-state index contributed by atoms with van der Waals surface area (Å²) in [7, 11) is 0. The van der Waals surface area contributed by atoms with Crippen molar-refractivity contribution in [2.75, 3.05) is 6.54 Å². The standard InChI is InChI=1S/C19H17F4N3O/c1-2-3-17-15(16(9-24)12-4-6-14(20)7-5-12)8-13(10-25-17)18(27)26-11-19(21,22)23/h3-10,24H,2,11H2,1H3,(H,26,27)/b16-15+,17-3+,24-9?. The molecule has 2 N–H and O–H groups in total. The van der Waals surface area contributed by atoms with Gasteiger partial charge in [0.2, 0.25) is 0 Å². The van der Waals surface area contributed by atoms with Crippen LogP contribution in [0.2, 0.25) is 0 Å². The zero-order chi connectivity index (χ0) is 20.0. The number of benzene rings is 1. The van der Waals surface area contributed by atoms with E-state index in [-0.39, 0.29) is 5.56 Å². The summed E-state index contributed by atoms with van der Waals surface area (Å²) in [5, 5.41) is 10.4. The van der Waals surface area contributed by atoms with Crippen LogP contribution in [0.4, 0.5) is 17.6 Å². The third-order valence-electron chi connectivity index (χ3n) is 3.62. The van der Waals surface area contributed by atoms with Gasteiger partial charge < -0.3 is 10.7 Å². The molecule has 0 spiro atoms. The molecule has 2 rings (SSSR count). The Morgan fingerprint density at radius 2 is 1.89 bits per heavy atom. The number of pyridine rings is 1. The van der Waals surface area contributed by atoms with Crippen LogP contribution in [0.25, 0.3) is 11.6 Å². The van der Waals surface area contributed by atoms with Crippen molar-refractivity contribution in [1.29, 1.82) is 5.41 Å². The van der Waals surface area contributed by atoms with Crippen LogP contribution in [0.5, 0.6) is 0 Å². The number of hydrogen-bond donors (Lipinski definition) is 2. The average molecular weight is 379 g/mol. The van der Waals surface area contributed by atoms with Crippen LogP contribution in [0.1, 0.15) is 29.3 Å². The Balaban J connectivity index is 2.61. The van der Waals surface area contributed by atoms with E-state index < -0.39 is 24.4 Å². The van der Waals surface area contributed by atoms with Crippen molar-refractivity contribution in [3.63, 3.8) is 0 Å². The van der Waals surface area contributed by atoms with Crippen LogP contribution in [-0.2, 0) is 0 Å². The molecule has 0 aliphatic rings. The molecule has 0 saturated carbocycles. The molecule has 1 aromatic carbocycles. The lowest BCUT2D eigenvalue weighted by Gasteiger charge is -2.09. The number of rotatable bonds is 5. The normalized spacial score (nSPS) is 13.3. The van der Waals surface area contributed by atoms with Gasteiger partial charge in [-0.1, -0.05) is 25.1 Å². The van der Waals surface area contributed by atoms with E-state index in [0.717, 1.165) is 6.21 Å². The van der Waals surface area contributed by atoms with Gasteiger partial charge in [0, 0.05) is 23.2 Å². The number of aromatic nitrogens is 1. The molecular formula is C19H17F4N3O. The van der Waals surface area contributed by atoms with E-state index in [1.54, 1.807) is 11.4 Å². The molecule has 0 radical (unpaired) electrons. The van der Waals surface area contributed by atoms with Crippen LogP contribution in [-0.4, -0.2) is 29.8 Å². The second-order valence-electron chi connectivity index (χ2n) is 5.63. The fourth-order valence-electron chi connectivity index (χ4n) is 2.40. The Kier molecular flexibility index (Phi) is 6.44. The summed E-state index contributed by atoms with van der Waals surface area (Å²) in [6.45, 7) is 0.417. The molecule has 2 aromatic rings. The number of nitrogens with zero attached hydrogens (tertiary/aromatic N) is 1. The van der Waals surface area contributed by atoms with E-state index in [1.807, 2.05) is 6.92 Å². The lowest BCUT2D eigenvalue weighted by atomic mass is 10.0. The van der Waals surface area contributed by atoms with Crippen LogP contribution < -0.4 is 15.9 Å². The molecular weight excluding hydrogens is 362 g/mol. The number of hydrogen-bond acceptors (Lipinski definition) is 3. The van der Waals surface area contributed by atoms with Gasteiger partial charge in [0.25, 0.3) is 5.91 Å². The van der Waals surface area contributed by atoms with Gasteiger partial charge in [-0.05, 0) is 30.2 Å². The fraction of sp³-hybridized carbons (Fsp3) is 0.211. The molecule has 0 bridgehead atoms. The molecule has 0 aliphatic heterocycles. The number of halogens is 4. The molecule has 0 saturated heterocycles. The Morgan fingerprint density at radius 1 is 1.22 bits per heavy atom. The number of carbonyl (C=O) groups excluding carboxylic acids is 1. The highest BCUT2D eigenvalue weighted by atomic mass is 19.4. The second-order valence-corrected chi connectivity index (χ2v) is 5.63. The SMILES string of the molecule is CC/C=c1/ncc(C(=O)NCC(F)(F)F)c/c1=C(/C=N)c1ccc(F)cc1.